The van der Waals surface area contributed by atoms with E-state index >= 15 is 0 Å². The van der Waals surface area contributed by atoms with Crippen molar-refractivity contribution >= 4 is 11.8 Å². The fourth-order valence-corrected chi connectivity index (χ4v) is 3.52. The molecule has 6 nitrogen and oxygen atoms in total. The Labute approximate surface area is 160 Å². The third-order valence-corrected chi connectivity index (χ3v) is 5.21. The Balaban J connectivity index is 1.48. The molecule has 2 heterocycles. The molecule has 1 aromatic heterocycles. The molecule has 0 radical (unpaired) electrons. The van der Waals surface area contributed by atoms with Gasteiger partial charge in [-0.05, 0) is 24.5 Å². The van der Waals surface area contributed by atoms with Gasteiger partial charge >= 0.3 is 0 Å². The van der Waals surface area contributed by atoms with E-state index in [1.54, 1.807) is 14.1 Å². The Kier molecular flexibility index (Phi) is 6.27. The lowest BCUT2D eigenvalue weighted by molar-refractivity contribution is -0.136. The minimum atomic E-state index is 0.000652. The molecular formula is C21H28N4O2. The van der Waals surface area contributed by atoms with Crippen LogP contribution in [0.1, 0.15) is 48.6 Å². The first-order valence-corrected chi connectivity index (χ1v) is 9.59. The molecule has 0 spiro atoms. The van der Waals surface area contributed by atoms with Gasteiger partial charge in [-0.15, -0.1) is 0 Å². The van der Waals surface area contributed by atoms with Crippen LogP contribution in [0.15, 0.2) is 36.4 Å². The van der Waals surface area contributed by atoms with E-state index in [0.717, 1.165) is 43.7 Å². The normalized spacial score (nSPS) is 15.0. The van der Waals surface area contributed by atoms with E-state index in [2.05, 4.69) is 28.4 Å². The van der Waals surface area contributed by atoms with Crippen molar-refractivity contribution in [1.29, 1.82) is 0 Å². The van der Waals surface area contributed by atoms with Crippen LogP contribution >= 0.6 is 0 Å². The van der Waals surface area contributed by atoms with Crippen LogP contribution in [0.3, 0.4) is 0 Å². The van der Waals surface area contributed by atoms with E-state index in [9.17, 15) is 9.59 Å². The number of amides is 2. The van der Waals surface area contributed by atoms with Crippen molar-refractivity contribution in [2.24, 2.45) is 0 Å². The molecule has 1 fully saturated rings. The maximum absolute atomic E-state index is 12.3. The van der Waals surface area contributed by atoms with Gasteiger partial charge < -0.3 is 9.80 Å². The zero-order valence-corrected chi connectivity index (χ0v) is 16.1. The summed E-state index contributed by atoms with van der Waals surface area (Å²) in [6, 6.07) is 12.5. The summed E-state index contributed by atoms with van der Waals surface area (Å²) in [5.41, 5.74) is 3.48. The molecule has 1 N–H and O–H groups in total. The maximum Gasteiger partial charge on any atom is 0.223 e. The van der Waals surface area contributed by atoms with Gasteiger partial charge in [0.15, 0.2) is 0 Å². The van der Waals surface area contributed by atoms with Gasteiger partial charge in [0, 0.05) is 58.1 Å². The van der Waals surface area contributed by atoms with Gasteiger partial charge in [0.1, 0.15) is 0 Å². The first kappa shape index (κ1) is 19.1. The van der Waals surface area contributed by atoms with E-state index in [0.29, 0.717) is 12.3 Å². The van der Waals surface area contributed by atoms with E-state index in [1.807, 2.05) is 23.1 Å². The summed E-state index contributed by atoms with van der Waals surface area (Å²) in [6.07, 6.45) is 3.27. The topological polar surface area (TPSA) is 69.3 Å². The Morgan fingerprint density at radius 1 is 1.15 bits per heavy atom. The molecule has 0 aliphatic carbocycles. The molecule has 1 aliphatic heterocycles. The number of benzene rings is 1. The summed E-state index contributed by atoms with van der Waals surface area (Å²) in [6.45, 7) is 1.47. The fourth-order valence-electron chi connectivity index (χ4n) is 3.52. The van der Waals surface area contributed by atoms with Gasteiger partial charge in [-0.1, -0.05) is 30.3 Å². The Hall–Kier alpha value is -2.63. The molecule has 0 saturated carbocycles. The second kappa shape index (κ2) is 8.84. The molecule has 1 aliphatic rings. The molecule has 144 valence electrons. The summed E-state index contributed by atoms with van der Waals surface area (Å²) in [5.74, 6) is 0.467. The van der Waals surface area contributed by atoms with Crippen molar-refractivity contribution in [2.45, 2.75) is 38.0 Å². The highest BCUT2D eigenvalue weighted by Crippen LogP contribution is 2.27. The van der Waals surface area contributed by atoms with Gasteiger partial charge in [0.25, 0.3) is 0 Å². The predicted octanol–water partition coefficient (Wildman–Crippen LogP) is 2.57. The molecule has 0 atom stereocenters. The van der Waals surface area contributed by atoms with Crippen LogP contribution in [-0.4, -0.2) is 59.0 Å². The van der Waals surface area contributed by atoms with Crippen LogP contribution in [-0.2, 0) is 16.0 Å². The number of carbonyl (C=O) groups is 2. The standard InChI is InChI=1S/C21H28N4O2/c1-24(2)20(26)8-9-21(27)25-12-10-17(11-13-25)19-15-18(22-23-19)14-16-6-4-3-5-7-16/h3-7,15,17H,8-14H2,1-2H3,(H,22,23). The van der Waals surface area contributed by atoms with Crippen molar-refractivity contribution in [1.82, 2.24) is 20.0 Å². The molecular weight excluding hydrogens is 340 g/mol. The van der Waals surface area contributed by atoms with Crippen LogP contribution in [0.2, 0.25) is 0 Å². The van der Waals surface area contributed by atoms with E-state index in [4.69, 9.17) is 0 Å². The minimum Gasteiger partial charge on any atom is -0.349 e. The van der Waals surface area contributed by atoms with Gasteiger partial charge in [0.2, 0.25) is 11.8 Å². The second-order valence-electron chi connectivity index (χ2n) is 7.42. The van der Waals surface area contributed by atoms with E-state index in [-0.39, 0.29) is 18.2 Å². The number of piperidine rings is 1. The summed E-state index contributed by atoms with van der Waals surface area (Å²) < 4.78 is 0. The third-order valence-electron chi connectivity index (χ3n) is 5.21. The van der Waals surface area contributed by atoms with Crippen molar-refractivity contribution in [3.63, 3.8) is 0 Å². The molecule has 0 bridgehead atoms. The molecule has 1 saturated heterocycles. The summed E-state index contributed by atoms with van der Waals surface area (Å²) in [5, 5.41) is 7.66. The molecule has 3 rings (SSSR count). The van der Waals surface area contributed by atoms with E-state index < -0.39 is 0 Å². The number of aromatic amines is 1. The number of hydrogen-bond donors (Lipinski definition) is 1. The van der Waals surface area contributed by atoms with Crippen LogP contribution in [0.5, 0.6) is 0 Å². The summed E-state index contributed by atoms with van der Waals surface area (Å²) in [4.78, 5) is 27.4. The largest absolute Gasteiger partial charge is 0.349 e. The van der Waals surface area contributed by atoms with Gasteiger partial charge in [-0.3, -0.25) is 14.7 Å². The molecule has 1 aromatic carbocycles. The first-order valence-electron chi connectivity index (χ1n) is 9.59. The summed E-state index contributed by atoms with van der Waals surface area (Å²) in [7, 11) is 3.43. The third kappa shape index (κ3) is 5.18. The predicted molar refractivity (Wildman–Crippen MR) is 104 cm³/mol. The van der Waals surface area contributed by atoms with Crippen molar-refractivity contribution in [2.75, 3.05) is 27.2 Å². The number of rotatable bonds is 6. The molecule has 27 heavy (non-hydrogen) atoms. The van der Waals surface area contributed by atoms with E-state index in [1.165, 1.54) is 10.5 Å². The lowest BCUT2D eigenvalue weighted by atomic mass is 9.93. The number of likely N-dealkylation sites (tertiary alicyclic amines) is 1. The number of H-pyrrole nitrogens is 1. The fraction of sp³-hybridized carbons (Fsp3) is 0.476. The smallest absolute Gasteiger partial charge is 0.223 e. The SMILES string of the molecule is CN(C)C(=O)CCC(=O)N1CCC(c2cc(Cc3ccccc3)[nH]n2)CC1. The van der Waals surface area contributed by atoms with Crippen LogP contribution < -0.4 is 0 Å². The number of carbonyl (C=O) groups excluding carboxylic acids is 2. The van der Waals surface area contributed by atoms with Gasteiger partial charge in [0.05, 0.1) is 5.69 Å². The highest BCUT2D eigenvalue weighted by molar-refractivity contribution is 5.83. The molecule has 2 amide bonds. The van der Waals surface area contributed by atoms with Crippen LogP contribution in [0, 0.1) is 0 Å². The van der Waals surface area contributed by atoms with Crippen molar-refractivity contribution in [3.05, 3.63) is 53.3 Å². The van der Waals surface area contributed by atoms with Gasteiger partial charge in [-0.25, -0.2) is 0 Å². The maximum atomic E-state index is 12.3. The number of nitrogens with one attached hydrogen (secondary N) is 1. The lowest BCUT2D eigenvalue weighted by Crippen LogP contribution is -2.38. The van der Waals surface area contributed by atoms with Crippen molar-refractivity contribution < 1.29 is 9.59 Å². The molecule has 0 unspecified atom stereocenters. The van der Waals surface area contributed by atoms with Crippen LogP contribution in [0.25, 0.3) is 0 Å². The highest BCUT2D eigenvalue weighted by atomic mass is 16.2. The van der Waals surface area contributed by atoms with Gasteiger partial charge in [-0.2, -0.15) is 5.10 Å². The zero-order chi connectivity index (χ0) is 19.2. The Bertz CT molecular complexity index is 761. The quantitative estimate of drug-likeness (QED) is 0.852. The molecule has 6 heteroatoms. The Morgan fingerprint density at radius 3 is 2.52 bits per heavy atom. The monoisotopic (exact) mass is 368 g/mol. The first-order chi connectivity index (χ1) is 13.0. The van der Waals surface area contributed by atoms with Crippen molar-refractivity contribution in [3.8, 4) is 0 Å². The summed E-state index contributed by atoms with van der Waals surface area (Å²) >= 11 is 0. The number of nitrogens with zero attached hydrogens (tertiary/aromatic N) is 3. The minimum absolute atomic E-state index is 0.000652. The number of aromatic nitrogens is 2. The number of hydrogen-bond acceptors (Lipinski definition) is 3. The van der Waals surface area contributed by atoms with Crippen LogP contribution in [0.4, 0.5) is 0 Å². The molecule has 2 aromatic rings. The second-order valence-corrected chi connectivity index (χ2v) is 7.42. The lowest BCUT2D eigenvalue weighted by Gasteiger charge is -2.31. The Morgan fingerprint density at radius 2 is 1.85 bits per heavy atom. The highest BCUT2D eigenvalue weighted by Gasteiger charge is 2.25. The zero-order valence-electron chi connectivity index (χ0n) is 16.1. The average Bonchev–Trinajstić information content (AvgIpc) is 3.15. The average molecular weight is 368 g/mol.